The number of halogens is 2. The molecular weight excluding hydrogens is 403 g/mol. The predicted molar refractivity (Wildman–Crippen MR) is 108 cm³/mol. The van der Waals surface area contributed by atoms with Gasteiger partial charge in [0.1, 0.15) is 5.82 Å². The van der Waals surface area contributed by atoms with E-state index in [1.54, 1.807) is 25.1 Å². The van der Waals surface area contributed by atoms with Gasteiger partial charge in [-0.05, 0) is 73.2 Å². The van der Waals surface area contributed by atoms with Crippen LogP contribution in [0.15, 0.2) is 71.6 Å². The van der Waals surface area contributed by atoms with Crippen molar-refractivity contribution in [2.45, 2.75) is 11.8 Å². The van der Waals surface area contributed by atoms with Gasteiger partial charge in [0.25, 0.3) is 15.9 Å². The fourth-order valence-corrected chi connectivity index (χ4v) is 3.74. The van der Waals surface area contributed by atoms with Crippen molar-refractivity contribution in [2.75, 3.05) is 10.0 Å². The highest BCUT2D eigenvalue weighted by molar-refractivity contribution is 7.92. The summed E-state index contributed by atoms with van der Waals surface area (Å²) >= 11 is 6.02. The van der Waals surface area contributed by atoms with Crippen molar-refractivity contribution in [1.82, 2.24) is 0 Å². The Balaban J connectivity index is 1.75. The maximum Gasteiger partial charge on any atom is 0.261 e. The molecule has 1 amide bonds. The minimum atomic E-state index is -3.82. The molecule has 0 heterocycles. The van der Waals surface area contributed by atoms with Crippen LogP contribution < -0.4 is 10.0 Å². The van der Waals surface area contributed by atoms with E-state index in [1.165, 1.54) is 48.5 Å². The van der Waals surface area contributed by atoms with Crippen LogP contribution in [0.3, 0.4) is 0 Å². The number of sulfonamides is 1. The van der Waals surface area contributed by atoms with E-state index in [4.69, 9.17) is 11.6 Å². The molecule has 3 aromatic rings. The molecule has 0 spiro atoms. The predicted octanol–water partition coefficient (Wildman–Crippen LogP) is 4.84. The highest BCUT2D eigenvalue weighted by atomic mass is 35.5. The molecule has 0 aromatic heterocycles. The third kappa shape index (κ3) is 4.49. The molecule has 0 aliphatic carbocycles. The van der Waals surface area contributed by atoms with Crippen LogP contribution in [0, 0.1) is 12.7 Å². The van der Waals surface area contributed by atoms with Crippen molar-refractivity contribution in [3.05, 3.63) is 88.7 Å². The van der Waals surface area contributed by atoms with E-state index in [1.807, 2.05) is 0 Å². The van der Waals surface area contributed by atoms with Gasteiger partial charge in [-0.1, -0.05) is 17.7 Å². The Bertz CT molecular complexity index is 1120. The van der Waals surface area contributed by atoms with Gasteiger partial charge in [0.15, 0.2) is 0 Å². The SMILES string of the molecule is Cc1c(Cl)cccc1NS(=O)(=O)c1ccc(NC(=O)c2ccc(F)cc2)cc1. The van der Waals surface area contributed by atoms with Gasteiger partial charge in [-0.25, -0.2) is 12.8 Å². The molecule has 3 rings (SSSR count). The molecule has 0 unspecified atom stereocenters. The lowest BCUT2D eigenvalue weighted by atomic mass is 10.2. The van der Waals surface area contributed by atoms with Crippen LogP contribution in [0.2, 0.25) is 5.02 Å². The molecule has 0 saturated heterocycles. The first-order valence-electron chi connectivity index (χ1n) is 8.21. The highest BCUT2D eigenvalue weighted by Gasteiger charge is 2.16. The molecule has 0 radical (unpaired) electrons. The number of rotatable bonds is 5. The molecular formula is C20H16ClFN2O3S. The zero-order chi connectivity index (χ0) is 20.3. The van der Waals surface area contributed by atoms with Crippen molar-refractivity contribution in [3.63, 3.8) is 0 Å². The number of nitrogens with one attached hydrogen (secondary N) is 2. The van der Waals surface area contributed by atoms with E-state index in [-0.39, 0.29) is 10.5 Å². The Morgan fingerprint density at radius 1 is 0.964 bits per heavy atom. The Morgan fingerprint density at radius 2 is 1.61 bits per heavy atom. The minimum Gasteiger partial charge on any atom is -0.322 e. The molecule has 144 valence electrons. The van der Waals surface area contributed by atoms with Gasteiger partial charge in [0, 0.05) is 16.3 Å². The van der Waals surface area contributed by atoms with Crippen LogP contribution in [-0.4, -0.2) is 14.3 Å². The molecule has 5 nitrogen and oxygen atoms in total. The third-order valence-corrected chi connectivity index (χ3v) is 5.83. The molecule has 0 saturated carbocycles. The maximum atomic E-state index is 12.9. The van der Waals surface area contributed by atoms with Crippen molar-refractivity contribution in [2.24, 2.45) is 0 Å². The lowest BCUT2D eigenvalue weighted by molar-refractivity contribution is 0.102. The summed E-state index contributed by atoms with van der Waals surface area (Å²) in [7, 11) is -3.82. The summed E-state index contributed by atoms with van der Waals surface area (Å²) in [5.74, 6) is -0.864. The molecule has 0 atom stereocenters. The van der Waals surface area contributed by atoms with Crippen molar-refractivity contribution >= 4 is 38.9 Å². The van der Waals surface area contributed by atoms with E-state index >= 15 is 0 Å². The second kappa shape index (κ2) is 8.00. The van der Waals surface area contributed by atoms with Gasteiger partial charge in [-0.15, -0.1) is 0 Å². The van der Waals surface area contributed by atoms with Gasteiger partial charge in [-0.2, -0.15) is 0 Å². The standard InChI is InChI=1S/C20H16ClFN2O3S/c1-13-18(21)3-2-4-19(13)24-28(26,27)17-11-9-16(10-12-17)23-20(25)14-5-7-15(22)8-6-14/h2-12,24H,1H3,(H,23,25). The first-order chi connectivity index (χ1) is 13.3. The Labute approximate surface area is 167 Å². The number of hydrogen-bond donors (Lipinski definition) is 2. The van der Waals surface area contributed by atoms with Crippen LogP contribution >= 0.6 is 11.6 Å². The number of anilines is 2. The van der Waals surface area contributed by atoms with E-state index < -0.39 is 21.7 Å². The molecule has 0 fully saturated rings. The number of amides is 1. The van der Waals surface area contributed by atoms with E-state index in [9.17, 15) is 17.6 Å². The summed E-state index contributed by atoms with van der Waals surface area (Å²) in [4.78, 5) is 12.2. The molecule has 0 aliphatic rings. The van der Waals surface area contributed by atoms with Gasteiger partial charge in [-0.3, -0.25) is 9.52 Å². The second-order valence-electron chi connectivity index (χ2n) is 6.00. The fourth-order valence-electron chi connectivity index (χ4n) is 2.44. The quantitative estimate of drug-likeness (QED) is 0.622. The number of carbonyl (C=O) groups excluding carboxylic acids is 1. The second-order valence-corrected chi connectivity index (χ2v) is 8.09. The zero-order valence-electron chi connectivity index (χ0n) is 14.7. The number of benzene rings is 3. The molecule has 28 heavy (non-hydrogen) atoms. The molecule has 3 aromatic carbocycles. The largest absolute Gasteiger partial charge is 0.322 e. The van der Waals surface area contributed by atoms with Crippen LogP contribution in [0.5, 0.6) is 0 Å². The smallest absolute Gasteiger partial charge is 0.261 e. The van der Waals surface area contributed by atoms with Crippen molar-refractivity contribution < 1.29 is 17.6 Å². The van der Waals surface area contributed by atoms with E-state index in [2.05, 4.69) is 10.0 Å². The Morgan fingerprint density at radius 3 is 2.25 bits per heavy atom. The number of hydrogen-bond acceptors (Lipinski definition) is 3. The molecule has 0 bridgehead atoms. The summed E-state index contributed by atoms with van der Waals surface area (Å²) in [5, 5.41) is 3.09. The monoisotopic (exact) mass is 418 g/mol. The van der Waals surface area contributed by atoms with Crippen molar-refractivity contribution in [3.8, 4) is 0 Å². The van der Waals surface area contributed by atoms with Gasteiger partial charge < -0.3 is 5.32 Å². The summed E-state index contributed by atoms with van der Waals surface area (Å²) in [6, 6.07) is 15.8. The maximum absolute atomic E-state index is 12.9. The summed E-state index contributed by atoms with van der Waals surface area (Å²) in [6.07, 6.45) is 0. The molecule has 2 N–H and O–H groups in total. The Hall–Kier alpha value is -2.90. The van der Waals surface area contributed by atoms with E-state index in [0.717, 1.165) is 0 Å². The van der Waals surface area contributed by atoms with Crippen LogP contribution in [-0.2, 0) is 10.0 Å². The molecule has 0 aliphatic heterocycles. The van der Waals surface area contributed by atoms with Crippen LogP contribution in [0.4, 0.5) is 15.8 Å². The average Bonchev–Trinajstić information content (AvgIpc) is 2.66. The van der Waals surface area contributed by atoms with E-state index in [0.29, 0.717) is 22.0 Å². The normalized spacial score (nSPS) is 11.1. The van der Waals surface area contributed by atoms with Crippen molar-refractivity contribution in [1.29, 1.82) is 0 Å². The molecule has 8 heteroatoms. The minimum absolute atomic E-state index is 0.0339. The van der Waals surface area contributed by atoms with Crippen LogP contribution in [0.25, 0.3) is 0 Å². The lowest BCUT2D eigenvalue weighted by Crippen LogP contribution is -2.14. The number of carbonyl (C=O) groups is 1. The summed E-state index contributed by atoms with van der Waals surface area (Å²) < 4.78 is 40.6. The zero-order valence-corrected chi connectivity index (χ0v) is 16.3. The van der Waals surface area contributed by atoms with Gasteiger partial charge in [0.05, 0.1) is 10.6 Å². The lowest BCUT2D eigenvalue weighted by Gasteiger charge is -2.12. The van der Waals surface area contributed by atoms with Gasteiger partial charge in [0.2, 0.25) is 0 Å². The Kier molecular flexibility index (Phi) is 5.67. The summed E-state index contributed by atoms with van der Waals surface area (Å²) in [6.45, 7) is 1.72. The first kappa shape index (κ1) is 19.9. The van der Waals surface area contributed by atoms with Crippen LogP contribution in [0.1, 0.15) is 15.9 Å². The topological polar surface area (TPSA) is 75.3 Å². The third-order valence-electron chi connectivity index (χ3n) is 4.04. The summed E-state index contributed by atoms with van der Waals surface area (Å²) in [5.41, 5.74) is 1.71. The average molecular weight is 419 g/mol. The highest BCUT2D eigenvalue weighted by Crippen LogP contribution is 2.26. The van der Waals surface area contributed by atoms with Gasteiger partial charge >= 0.3 is 0 Å². The fraction of sp³-hybridized carbons (Fsp3) is 0.0500. The first-order valence-corrected chi connectivity index (χ1v) is 10.1.